The average molecular weight is 201 g/mol. The fraction of sp³-hybridized carbons (Fsp3) is 0.444. The maximum atomic E-state index is 11.3. The molecule has 0 fully saturated rings. The number of aromatic nitrogens is 1. The van der Waals surface area contributed by atoms with E-state index in [0.717, 1.165) is 12.8 Å². The van der Waals surface area contributed by atoms with Crippen LogP contribution in [0.1, 0.15) is 31.4 Å². The second-order valence-electron chi connectivity index (χ2n) is 3.00. The molecule has 1 atom stereocenters. The molecule has 3 nitrogen and oxygen atoms in total. The topological polar surface area (TPSA) is 58.9 Å². The second kappa shape index (κ2) is 4.44. The van der Waals surface area contributed by atoms with Crippen molar-refractivity contribution in [1.82, 2.24) is 4.98 Å². The van der Waals surface area contributed by atoms with Gasteiger partial charge in [0, 0.05) is 17.8 Å². The third-order valence-electron chi connectivity index (χ3n) is 1.90. The molecule has 72 valence electrons. The van der Waals surface area contributed by atoms with Crippen LogP contribution in [0.25, 0.3) is 0 Å². The number of hydrogen-bond acceptors (Lipinski definition) is 2. The van der Waals surface area contributed by atoms with Gasteiger partial charge in [0.15, 0.2) is 0 Å². The maximum Gasteiger partial charge on any atom is 0.252 e. The van der Waals surface area contributed by atoms with Gasteiger partial charge in [-0.25, -0.2) is 0 Å². The molecule has 0 spiro atoms. The highest BCUT2D eigenvalue weighted by atomic mass is 35.5. The second-order valence-corrected chi connectivity index (χ2v) is 3.43. The quantitative estimate of drug-likeness (QED) is 0.782. The Balaban J connectivity index is 2.99. The molecule has 0 aliphatic rings. The highest BCUT2D eigenvalue weighted by Crippen LogP contribution is 2.14. The van der Waals surface area contributed by atoms with Crippen LogP contribution in [0.3, 0.4) is 0 Å². The molecule has 0 unspecified atom stereocenters. The third-order valence-corrected chi connectivity index (χ3v) is 2.11. The Morgan fingerprint density at radius 1 is 1.69 bits per heavy atom. The zero-order chi connectivity index (χ0) is 9.84. The Morgan fingerprint density at radius 3 is 3.00 bits per heavy atom. The lowest BCUT2D eigenvalue weighted by molar-refractivity contribution is 0.631. The molecule has 0 aliphatic carbocycles. The number of H-pyrrole nitrogens is 1. The largest absolute Gasteiger partial charge is 0.327 e. The first-order valence-corrected chi connectivity index (χ1v) is 4.66. The number of hydrogen-bond donors (Lipinski definition) is 2. The van der Waals surface area contributed by atoms with Gasteiger partial charge in [-0.1, -0.05) is 24.9 Å². The molecular formula is C9H13ClN2O. The van der Waals surface area contributed by atoms with Crippen LogP contribution in [-0.4, -0.2) is 4.98 Å². The van der Waals surface area contributed by atoms with E-state index in [-0.39, 0.29) is 11.6 Å². The number of rotatable bonds is 3. The molecule has 3 N–H and O–H groups in total. The number of pyridine rings is 1. The Kier molecular flexibility index (Phi) is 3.51. The molecule has 1 rings (SSSR count). The lowest BCUT2D eigenvalue weighted by atomic mass is 10.1. The minimum Gasteiger partial charge on any atom is -0.327 e. The number of halogens is 1. The van der Waals surface area contributed by atoms with Gasteiger partial charge in [-0.2, -0.15) is 0 Å². The van der Waals surface area contributed by atoms with Crippen LogP contribution >= 0.6 is 11.6 Å². The van der Waals surface area contributed by atoms with Gasteiger partial charge in [0.1, 0.15) is 0 Å². The lowest BCUT2D eigenvalue weighted by Crippen LogP contribution is -2.21. The van der Waals surface area contributed by atoms with Gasteiger partial charge < -0.3 is 10.7 Å². The van der Waals surface area contributed by atoms with Crippen LogP contribution in [0, 0.1) is 0 Å². The van der Waals surface area contributed by atoms with Crippen molar-refractivity contribution in [3.05, 3.63) is 33.2 Å². The molecule has 0 aromatic carbocycles. The van der Waals surface area contributed by atoms with Crippen LogP contribution in [0.2, 0.25) is 5.02 Å². The first-order valence-electron chi connectivity index (χ1n) is 4.29. The summed E-state index contributed by atoms with van der Waals surface area (Å²) in [5.41, 5.74) is 6.21. The molecule has 4 heteroatoms. The summed E-state index contributed by atoms with van der Waals surface area (Å²) >= 11 is 5.74. The average Bonchev–Trinajstić information content (AvgIpc) is 2.09. The molecule has 13 heavy (non-hydrogen) atoms. The van der Waals surface area contributed by atoms with Gasteiger partial charge in [-0.3, -0.25) is 4.79 Å². The normalized spacial score (nSPS) is 12.8. The zero-order valence-electron chi connectivity index (χ0n) is 7.51. The van der Waals surface area contributed by atoms with Crippen molar-refractivity contribution in [1.29, 1.82) is 0 Å². The molecular weight excluding hydrogens is 188 g/mol. The number of nitrogens with one attached hydrogen (secondary N) is 1. The van der Waals surface area contributed by atoms with Crippen molar-refractivity contribution in [3.63, 3.8) is 0 Å². The summed E-state index contributed by atoms with van der Waals surface area (Å²) in [5.74, 6) is 0. The lowest BCUT2D eigenvalue weighted by Gasteiger charge is -2.08. The summed E-state index contributed by atoms with van der Waals surface area (Å²) in [5, 5.41) is 0.515. The SMILES string of the molecule is CCC[C@H](N)c1cc(Cl)c[nH]c1=O. The molecule has 0 radical (unpaired) electrons. The Hall–Kier alpha value is -0.800. The fourth-order valence-electron chi connectivity index (χ4n) is 1.22. The van der Waals surface area contributed by atoms with Crippen LogP contribution in [0.4, 0.5) is 0 Å². The Morgan fingerprint density at radius 2 is 2.38 bits per heavy atom. The van der Waals surface area contributed by atoms with Gasteiger partial charge in [-0.05, 0) is 12.5 Å². The molecule has 1 aromatic heterocycles. The van der Waals surface area contributed by atoms with E-state index in [1.54, 1.807) is 6.07 Å². The summed E-state index contributed by atoms with van der Waals surface area (Å²) in [6.45, 7) is 2.03. The number of aromatic amines is 1. The minimum absolute atomic E-state index is 0.148. The van der Waals surface area contributed by atoms with Crippen molar-refractivity contribution in [3.8, 4) is 0 Å². The van der Waals surface area contributed by atoms with Crippen LogP contribution < -0.4 is 11.3 Å². The zero-order valence-corrected chi connectivity index (χ0v) is 8.27. The third kappa shape index (κ3) is 2.57. The first kappa shape index (κ1) is 10.3. The monoisotopic (exact) mass is 200 g/mol. The summed E-state index contributed by atoms with van der Waals surface area (Å²) in [6, 6.07) is 1.41. The summed E-state index contributed by atoms with van der Waals surface area (Å²) in [4.78, 5) is 13.8. The van der Waals surface area contributed by atoms with Crippen molar-refractivity contribution in [2.75, 3.05) is 0 Å². The van der Waals surface area contributed by atoms with E-state index in [1.165, 1.54) is 6.20 Å². The summed E-state index contributed by atoms with van der Waals surface area (Å²) in [7, 11) is 0. The van der Waals surface area contributed by atoms with Gasteiger partial charge >= 0.3 is 0 Å². The van der Waals surface area contributed by atoms with Crippen LogP contribution in [0.5, 0.6) is 0 Å². The Labute approximate surface area is 81.9 Å². The van der Waals surface area contributed by atoms with Crippen molar-refractivity contribution < 1.29 is 0 Å². The van der Waals surface area contributed by atoms with Crippen molar-refractivity contribution >= 4 is 11.6 Å². The highest BCUT2D eigenvalue weighted by Gasteiger charge is 2.09. The molecule has 0 saturated carbocycles. The first-order chi connectivity index (χ1) is 6.15. The predicted octanol–water partition coefficient (Wildman–Crippen LogP) is 1.83. The molecule has 1 aromatic rings. The molecule has 0 amide bonds. The van der Waals surface area contributed by atoms with Gasteiger partial charge in [0.05, 0.1) is 5.02 Å². The summed E-state index contributed by atoms with van der Waals surface area (Å²) < 4.78 is 0. The van der Waals surface area contributed by atoms with E-state index in [4.69, 9.17) is 17.3 Å². The van der Waals surface area contributed by atoms with E-state index in [9.17, 15) is 4.79 Å². The van der Waals surface area contributed by atoms with E-state index in [2.05, 4.69) is 4.98 Å². The predicted molar refractivity (Wildman–Crippen MR) is 53.9 cm³/mol. The summed E-state index contributed by atoms with van der Waals surface area (Å²) in [6.07, 6.45) is 3.21. The molecule has 0 bridgehead atoms. The fourth-order valence-corrected chi connectivity index (χ4v) is 1.39. The smallest absolute Gasteiger partial charge is 0.252 e. The van der Waals surface area contributed by atoms with E-state index in [0.29, 0.717) is 10.6 Å². The molecule has 0 aliphatic heterocycles. The van der Waals surface area contributed by atoms with Crippen molar-refractivity contribution in [2.24, 2.45) is 5.73 Å². The van der Waals surface area contributed by atoms with Gasteiger partial charge in [-0.15, -0.1) is 0 Å². The highest BCUT2D eigenvalue weighted by molar-refractivity contribution is 6.30. The van der Waals surface area contributed by atoms with Crippen LogP contribution in [-0.2, 0) is 0 Å². The number of nitrogens with two attached hydrogens (primary N) is 1. The molecule has 0 saturated heterocycles. The minimum atomic E-state index is -0.215. The van der Waals surface area contributed by atoms with E-state index >= 15 is 0 Å². The van der Waals surface area contributed by atoms with E-state index in [1.807, 2.05) is 6.92 Å². The van der Waals surface area contributed by atoms with Gasteiger partial charge in [0.25, 0.3) is 5.56 Å². The van der Waals surface area contributed by atoms with Gasteiger partial charge in [0.2, 0.25) is 0 Å². The maximum absolute atomic E-state index is 11.3. The van der Waals surface area contributed by atoms with E-state index < -0.39 is 0 Å². The standard InChI is InChI=1S/C9H13ClN2O/c1-2-3-8(11)7-4-6(10)5-12-9(7)13/h4-5,8H,2-3,11H2,1H3,(H,12,13)/t8-/m0/s1. The molecule has 1 heterocycles. The van der Waals surface area contributed by atoms with Crippen LogP contribution in [0.15, 0.2) is 17.1 Å². The Bertz CT molecular complexity index is 335. The van der Waals surface area contributed by atoms with Crippen molar-refractivity contribution in [2.45, 2.75) is 25.8 Å².